The van der Waals surface area contributed by atoms with Gasteiger partial charge in [-0.3, -0.25) is 4.79 Å². The molecule has 6 rings (SSSR count). The standard InChI is InChI=1S/C29H30N6O3/c1-2-24(36)34-15-13-29(14-16-34)18-21(12-17-37-29)35-28-25(27(30)31-19-32-28)26(33-35)20-8-10-23(11-9-20)38-22-6-4-3-5-7-22/h2-11,19,21H,1,12-18H2,(H2,30,31,32). The predicted molar refractivity (Wildman–Crippen MR) is 145 cm³/mol. The molecule has 0 radical (unpaired) electrons. The molecule has 2 aliphatic rings. The molecule has 0 bridgehead atoms. The van der Waals surface area contributed by atoms with Crippen molar-refractivity contribution in [2.75, 3.05) is 25.4 Å². The minimum atomic E-state index is -0.283. The molecule has 194 valence electrons. The van der Waals surface area contributed by atoms with Crippen LogP contribution in [0, 0.1) is 0 Å². The molecule has 9 heteroatoms. The lowest BCUT2D eigenvalue weighted by molar-refractivity contribution is -0.142. The molecule has 2 aromatic carbocycles. The Labute approximate surface area is 220 Å². The van der Waals surface area contributed by atoms with Gasteiger partial charge in [-0.25, -0.2) is 14.6 Å². The van der Waals surface area contributed by atoms with Crippen LogP contribution in [-0.4, -0.2) is 55.9 Å². The van der Waals surface area contributed by atoms with Crippen molar-refractivity contribution in [1.82, 2.24) is 24.6 Å². The second-order valence-electron chi connectivity index (χ2n) is 9.90. The summed E-state index contributed by atoms with van der Waals surface area (Å²) in [6.07, 6.45) is 6.06. The molecule has 2 aromatic heterocycles. The van der Waals surface area contributed by atoms with Crippen LogP contribution in [-0.2, 0) is 9.53 Å². The van der Waals surface area contributed by atoms with Crippen LogP contribution in [0.15, 0.2) is 73.6 Å². The molecule has 2 aliphatic heterocycles. The van der Waals surface area contributed by atoms with E-state index in [-0.39, 0.29) is 17.6 Å². The zero-order valence-corrected chi connectivity index (χ0v) is 21.1. The Hall–Kier alpha value is -4.24. The fourth-order valence-corrected chi connectivity index (χ4v) is 5.58. The van der Waals surface area contributed by atoms with E-state index in [9.17, 15) is 4.79 Å². The molecular weight excluding hydrogens is 480 g/mol. The summed E-state index contributed by atoms with van der Waals surface area (Å²) < 4.78 is 14.3. The first kappa shape index (κ1) is 24.1. The summed E-state index contributed by atoms with van der Waals surface area (Å²) in [4.78, 5) is 22.8. The molecule has 0 saturated carbocycles. The summed E-state index contributed by atoms with van der Waals surface area (Å²) in [5, 5.41) is 5.80. The fourth-order valence-electron chi connectivity index (χ4n) is 5.58. The quantitative estimate of drug-likeness (QED) is 0.385. The van der Waals surface area contributed by atoms with Gasteiger partial charge < -0.3 is 20.1 Å². The van der Waals surface area contributed by atoms with Crippen LogP contribution in [0.4, 0.5) is 5.82 Å². The Morgan fingerprint density at radius 2 is 1.82 bits per heavy atom. The van der Waals surface area contributed by atoms with E-state index in [1.54, 1.807) is 0 Å². The first-order valence-corrected chi connectivity index (χ1v) is 12.9. The van der Waals surface area contributed by atoms with E-state index in [1.807, 2.05) is 64.2 Å². The van der Waals surface area contributed by atoms with Crippen molar-refractivity contribution in [2.45, 2.75) is 37.3 Å². The van der Waals surface area contributed by atoms with Crippen LogP contribution in [0.5, 0.6) is 11.5 Å². The Morgan fingerprint density at radius 1 is 1.08 bits per heavy atom. The van der Waals surface area contributed by atoms with Crippen LogP contribution >= 0.6 is 0 Å². The summed E-state index contributed by atoms with van der Waals surface area (Å²) in [5.41, 5.74) is 8.46. The van der Waals surface area contributed by atoms with Crippen LogP contribution < -0.4 is 10.5 Å². The molecular formula is C29H30N6O3. The van der Waals surface area contributed by atoms with E-state index < -0.39 is 0 Å². The van der Waals surface area contributed by atoms with E-state index in [1.165, 1.54) is 12.4 Å². The van der Waals surface area contributed by atoms with E-state index in [2.05, 4.69) is 16.5 Å². The molecule has 1 atom stereocenters. The Morgan fingerprint density at radius 3 is 2.55 bits per heavy atom. The average Bonchev–Trinajstić information content (AvgIpc) is 3.35. The SMILES string of the molecule is C=CC(=O)N1CCC2(CC1)CC(n1nc(-c3ccc(Oc4ccccc4)cc3)c3c(N)ncnc31)CCO2. The van der Waals surface area contributed by atoms with Crippen molar-refractivity contribution in [3.63, 3.8) is 0 Å². The number of fused-ring (bicyclic) bond motifs is 1. The van der Waals surface area contributed by atoms with E-state index >= 15 is 0 Å². The number of aromatic nitrogens is 4. The number of piperidine rings is 1. The van der Waals surface area contributed by atoms with Gasteiger partial charge in [0.15, 0.2) is 5.65 Å². The van der Waals surface area contributed by atoms with Crippen molar-refractivity contribution >= 4 is 22.8 Å². The van der Waals surface area contributed by atoms with Crippen LogP contribution in [0.1, 0.15) is 31.7 Å². The van der Waals surface area contributed by atoms with Crippen LogP contribution in [0.25, 0.3) is 22.3 Å². The number of nitrogen functional groups attached to an aromatic ring is 1. The molecule has 1 spiro atoms. The number of nitrogens with zero attached hydrogens (tertiary/aromatic N) is 5. The summed E-state index contributed by atoms with van der Waals surface area (Å²) in [6.45, 7) is 5.57. The molecule has 2 N–H and O–H groups in total. The van der Waals surface area contributed by atoms with Gasteiger partial charge in [-0.05, 0) is 68.2 Å². The number of carbonyl (C=O) groups is 1. The number of likely N-dealkylation sites (tertiary alicyclic amines) is 1. The number of rotatable bonds is 5. The highest BCUT2D eigenvalue weighted by Gasteiger charge is 2.42. The summed E-state index contributed by atoms with van der Waals surface area (Å²) >= 11 is 0. The lowest BCUT2D eigenvalue weighted by Gasteiger charge is -2.46. The lowest BCUT2D eigenvalue weighted by atomic mass is 9.82. The number of nitrogens with two attached hydrogens (primary N) is 1. The maximum absolute atomic E-state index is 12.1. The van der Waals surface area contributed by atoms with Crippen LogP contribution in [0.3, 0.4) is 0 Å². The zero-order valence-electron chi connectivity index (χ0n) is 21.1. The van der Waals surface area contributed by atoms with Crippen molar-refractivity contribution in [3.8, 4) is 22.8 Å². The molecule has 0 aliphatic carbocycles. The molecule has 1 amide bonds. The molecule has 1 unspecified atom stereocenters. The van der Waals surface area contributed by atoms with Crippen LogP contribution in [0.2, 0.25) is 0 Å². The number of anilines is 1. The zero-order chi connectivity index (χ0) is 26.1. The topological polar surface area (TPSA) is 108 Å². The summed E-state index contributed by atoms with van der Waals surface area (Å²) in [6, 6.07) is 17.6. The second kappa shape index (κ2) is 9.90. The second-order valence-corrected chi connectivity index (χ2v) is 9.90. The van der Waals surface area contributed by atoms with E-state index in [0.29, 0.717) is 25.5 Å². The minimum absolute atomic E-state index is 0.0257. The number of carbonyl (C=O) groups excluding carboxylic acids is 1. The first-order chi connectivity index (χ1) is 18.5. The number of hydrogen-bond acceptors (Lipinski definition) is 7. The predicted octanol–water partition coefficient (Wildman–Crippen LogP) is 4.77. The highest BCUT2D eigenvalue weighted by atomic mass is 16.5. The van der Waals surface area contributed by atoms with Crippen molar-refractivity contribution in [1.29, 1.82) is 0 Å². The van der Waals surface area contributed by atoms with Gasteiger partial charge in [0.2, 0.25) is 5.91 Å². The normalized spacial score (nSPS) is 18.9. The maximum Gasteiger partial charge on any atom is 0.245 e. The molecule has 4 aromatic rings. The average molecular weight is 511 g/mol. The van der Waals surface area contributed by atoms with Gasteiger partial charge in [-0.2, -0.15) is 5.10 Å². The molecule has 2 saturated heterocycles. The highest BCUT2D eigenvalue weighted by molar-refractivity contribution is 5.98. The lowest BCUT2D eigenvalue weighted by Crippen LogP contribution is -2.50. The Balaban J connectivity index is 1.29. The van der Waals surface area contributed by atoms with Gasteiger partial charge in [0.25, 0.3) is 0 Å². The monoisotopic (exact) mass is 510 g/mol. The summed E-state index contributed by atoms with van der Waals surface area (Å²) in [5.74, 6) is 1.89. The third-order valence-corrected chi connectivity index (χ3v) is 7.60. The Kier molecular flexibility index (Phi) is 6.29. The molecule has 2 fully saturated rings. The largest absolute Gasteiger partial charge is 0.457 e. The van der Waals surface area contributed by atoms with Gasteiger partial charge in [0.1, 0.15) is 29.3 Å². The van der Waals surface area contributed by atoms with Crippen molar-refractivity contribution in [3.05, 3.63) is 73.6 Å². The minimum Gasteiger partial charge on any atom is -0.457 e. The fraction of sp³-hybridized carbons (Fsp3) is 0.310. The van der Waals surface area contributed by atoms with E-state index in [0.717, 1.165) is 59.5 Å². The maximum atomic E-state index is 12.1. The molecule has 4 heterocycles. The van der Waals surface area contributed by atoms with E-state index in [4.69, 9.17) is 20.3 Å². The first-order valence-electron chi connectivity index (χ1n) is 12.9. The number of amides is 1. The number of benzene rings is 2. The number of hydrogen-bond donors (Lipinski definition) is 1. The Bertz CT molecular complexity index is 1460. The van der Waals surface area contributed by atoms with Gasteiger partial charge in [-0.15, -0.1) is 0 Å². The van der Waals surface area contributed by atoms with Gasteiger partial charge in [0.05, 0.1) is 17.0 Å². The third-order valence-electron chi connectivity index (χ3n) is 7.60. The van der Waals surface area contributed by atoms with Gasteiger partial charge in [-0.1, -0.05) is 24.8 Å². The molecule has 9 nitrogen and oxygen atoms in total. The molecule has 38 heavy (non-hydrogen) atoms. The number of ether oxygens (including phenoxy) is 2. The highest BCUT2D eigenvalue weighted by Crippen LogP contribution is 2.42. The van der Waals surface area contributed by atoms with Crippen molar-refractivity contribution < 1.29 is 14.3 Å². The van der Waals surface area contributed by atoms with Crippen molar-refractivity contribution in [2.24, 2.45) is 0 Å². The summed E-state index contributed by atoms with van der Waals surface area (Å²) in [7, 11) is 0. The van der Waals surface area contributed by atoms with Gasteiger partial charge in [0, 0.05) is 25.3 Å². The number of para-hydroxylation sites is 1. The third kappa shape index (κ3) is 4.50. The smallest absolute Gasteiger partial charge is 0.245 e. The van der Waals surface area contributed by atoms with Gasteiger partial charge >= 0.3 is 0 Å².